The lowest BCUT2D eigenvalue weighted by Crippen LogP contribution is -2.50. The highest BCUT2D eigenvalue weighted by atomic mass is 16.3. The molecular formula is C21H26N6O4. The third-order valence-electron chi connectivity index (χ3n) is 5.77. The molecule has 1 aliphatic rings. The van der Waals surface area contributed by atoms with Crippen molar-refractivity contribution in [3.63, 3.8) is 0 Å². The first-order chi connectivity index (χ1) is 14.9. The SMILES string of the molecule is Cn1c(=O)c2c(ncn2CC(O)CN2CCN(C(=O)c3ccccc3)CC2)n(C)c1=O. The molecule has 1 fully saturated rings. The van der Waals surface area contributed by atoms with Gasteiger partial charge in [0.15, 0.2) is 11.2 Å². The number of carbonyl (C=O) groups excluding carboxylic acids is 1. The number of fused-ring (bicyclic) bond motifs is 1. The normalized spacial score (nSPS) is 16.0. The number of β-amino-alcohol motifs (C(OH)–C–C–N with tert-alkyl or cyclic N) is 1. The number of rotatable bonds is 5. The van der Waals surface area contributed by atoms with Crippen molar-refractivity contribution < 1.29 is 9.90 Å². The highest BCUT2D eigenvalue weighted by molar-refractivity contribution is 5.94. The van der Waals surface area contributed by atoms with Crippen LogP contribution in [0, 0.1) is 0 Å². The number of aromatic nitrogens is 4. The quantitative estimate of drug-likeness (QED) is 0.576. The molecule has 0 aliphatic carbocycles. The Bertz CT molecular complexity index is 1200. The van der Waals surface area contributed by atoms with Crippen molar-refractivity contribution in [2.75, 3.05) is 32.7 Å². The number of carbonyl (C=O) groups is 1. The van der Waals surface area contributed by atoms with Crippen LogP contribution < -0.4 is 11.2 Å². The first-order valence-electron chi connectivity index (χ1n) is 10.2. The van der Waals surface area contributed by atoms with Gasteiger partial charge in [-0.3, -0.25) is 23.6 Å². The van der Waals surface area contributed by atoms with Crippen LogP contribution in [0.15, 0.2) is 46.2 Å². The summed E-state index contributed by atoms with van der Waals surface area (Å²) in [6.07, 6.45) is 0.751. The van der Waals surface area contributed by atoms with Crippen LogP contribution in [-0.2, 0) is 20.6 Å². The van der Waals surface area contributed by atoms with Crippen molar-refractivity contribution in [2.45, 2.75) is 12.6 Å². The summed E-state index contributed by atoms with van der Waals surface area (Å²) in [5.41, 5.74) is 0.399. The minimum atomic E-state index is -0.726. The Kier molecular flexibility index (Phi) is 5.75. The van der Waals surface area contributed by atoms with E-state index in [4.69, 9.17) is 0 Å². The van der Waals surface area contributed by atoms with Gasteiger partial charge in [-0.2, -0.15) is 0 Å². The van der Waals surface area contributed by atoms with E-state index in [2.05, 4.69) is 9.88 Å². The third-order valence-corrected chi connectivity index (χ3v) is 5.77. The number of hydrogen-bond donors (Lipinski definition) is 1. The minimum Gasteiger partial charge on any atom is -0.390 e. The molecule has 164 valence electrons. The predicted octanol–water partition coefficient (Wildman–Crippen LogP) is -0.747. The van der Waals surface area contributed by atoms with E-state index >= 15 is 0 Å². The maximum atomic E-state index is 12.6. The minimum absolute atomic E-state index is 0.0205. The Labute approximate surface area is 178 Å². The van der Waals surface area contributed by atoms with E-state index in [0.29, 0.717) is 49.5 Å². The number of benzene rings is 1. The maximum Gasteiger partial charge on any atom is 0.332 e. The molecule has 1 aliphatic heterocycles. The van der Waals surface area contributed by atoms with E-state index in [0.717, 1.165) is 4.57 Å². The van der Waals surface area contributed by atoms with E-state index in [-0.39, 0.29) is 12.5 Å². The molecule has 0 spiro atoms. The zero-order valence-corrected chi connectivity index (χ0v) is 17.6. The standard InChI is InChI=1S/C21H26N6O4/c1-23-18-17(20(30)24(2)21(23)31)27(14-22-18)13-16(28)12-25-8-10-26(11-9-25)19(29)15-6-4-3-5-7-15/h3-7,14,16,28H,8-13H2,1-2H3. The summed E-state index contributed by atoms with van der Waals surface area (Å²) in [5, 5.41) is 10.6. The second kappa shape index (κ2) is 8.48. The van der Waals surface area contributed by atoms with E-state index in [1.54, 1.807) is 11.6 Å². The number of hydrogen-bond acceptors (Lipinski definition) is 6. The highest BCUT2D eigenvalue weighted by Crippen LogP contribution is 2.11. The fourth-order valence-corrected chi connectivity index (χ4v) is 4.02. The van der Waals surface area contributed by atoms with Crippen molar-refractivity contribution in [2.24, 2.45) is 14.1 Å². The Morgan fingerprint density at radius 2 is 1.71 bits per heavy atom. The Morgan fingerprint density at radius 1 is 1.03 bits per heavy atom. The van der Waals surface area contributed by atoms with Gasteiger partial charge in [0.2, 0.25) is 0 Å². The average Bonchev–Trinajstić information content (AvgIpc) is 3.20. The molecule has 0 radical (unpaired) electrons. The lowest BCUT2D eigenvalue weighted by molar-refractivity contribution is 0.0501. The fourth-order valence-electron chi connectivity index (χ4n) is 4.02. The van der Waals surface area contributed by atoms with Crippen molar-refractivity contribution >= 4 is 17.1 Å². The first-order valence-corrected chi connectivity index (χ1v) is 10.2. The fraction of sp³-hybridized carbons (Fsp3) is 0.429. The monoisotopic (exact) mass is 426 g/mol. The topological polar surface area (TPSA) is 106 Å². The Hall–Kier alpha value is -3.24. The van der Waals surface area contributed by atoms with Gasteiger partial charge in [-0.1, -0.05) is 18.2 Å². The van der Waals surface area contributed by atoms with Gasteiger partial charge in [0.05, 0.1) is 19.0 Å². The molecule has 4 rings (SSSR count). The Balaban J connectivity index is 1.38. The van der Waals surface area contributed by atoms with Crippen LogP contribution in [0.2, 0.25) is 0 Å². The van der Waals surface area contributed by atoms with Crippen molar-refractivity contribution in [1.82, 2.24) is 28.5 Å². The molecule has 31 heavy (non-hydrogen) atoms. The molecule has 1 amide bonds. The van der Waals surface area contributed by atoms with Crippen LogP contribution >= 0.6 is 0 Å². The molecule has 1 aromatic carbocycles. The van der Waals surface area contributed by atoms with Gasteiger partial charge in [0.25, 0.3) is 11.5 Å². The van der Waals surface area contributed by atoms with E-state index in [9.17, 15) is 19.5 Å². The summed E-state index contributed by atoms with van der Waals surface area (Å²) in [6, 6.07) is 9.21. The molecule has 3 aromatic rings. The van der Waals surface area contributed by atoms with Gasteiger partial charge in [-0.25, -0.2) is 9.78 Å². The third kappa shape index (κ3) is 4.04. The summed E-state index contributed by atoms with van der Waals surface area (Å²) in [5.74, 6) is 0.0205. The summed E-state index contributed by atoms with van der Waals surface area (Å²) >= 11 is 0. The number of piperazine rings is 1. The van der Waals surface area contributed by atoms with Crippen LogP contribution in [0.4, 0.5) is 0 Å². The van der Waals surface area contributed by atoms with Gasteiger partial charge < -0.3 is 14.6 Å². The number of amides is 1. The van der Waals surface area contributed by atoms with Crippen LogP contribution in [0.3, 0.4) is 0 Å². The van der Waals surface area contributed by atoms with Crippen molar-refractivity contribution in [3.8, 4) is 0 Å². The lowest BCUT2D eigenvalue weighted by atomic mass is 10.2. The zero-order valence-electron chi connectivity index (χ0n) is 17.6. The summed E-state index contributed by atoms with van der Waals surface area (Å²) in [6.45, 7) is 3.12. The van der Waals surface area contributed by atoms with E-state index in [1.165, 1.54) is 17.9 Å². The average molecular weight is 426 g/mol. The smallest absolute Gasteiger partial charge is 0.332 e. The molecular weight excluding hydrogens is 400 g/mol. The van der Waals surface area contributed by atoms with Crippen LogP contribution in [0.5, 0.6) is 0 Å². The molecule has 0 bridgehead atoms. The predicted molar refractivity (Wildman–Crippen MR) is 115 cm³/mol. The second-order valence-corrected chi connectivity index (χ2v) is 7.89. The molecule has 1 N–H and O–H groups in total. The first kappa shape index (κ1) is 21.0. The molecule has 3 heterocycles. The van der Waals surface area contributed by atoms with Gasteiger partial charge in [-0.15, -0.1) is 0 Å². The summed E-state index contributed by atoms with van der Waals surface area (Å²) < 4.78 is 3.95. The van der Waals surface area contributed by atoms with E-state index in [1.807, 2.05) is 35.2 Å². The van der Waals surface area contributed by atoms with Crippen LogP contribution in [-0.4, -0.2) is 78.3 Å². The van der Waals surface area contributed by atoms with Gasteiger partial charge in [-0.05, 0) is 12.1 Å². The van der Waals surface area contributed by atoms with Crippen LogP contribution in [0.1, 0.15) is 10.4 Å². The summed E-state index contributed by atoms with van der Waals surface area (Å²) in [7, 11) is 2.99. The molecule has 1 saturated heterocycles. The van der Waals surface area contributed by atoms with Gasteiger partial charge in [0, 0.05) is 52.4 Å². The number of nitrogens with zero attached hydrogens (tertiary/aromatic N) is 6. The van der Waals surface area contributed by atoms with Crippen molar-refractivity contribution in [1.29, 1.82) is 0 Å². The second-order valence-electron chi connectivity index (χ2n) is 7.89. The lowest BCUT2D eigenvalue weighted by Gasteiger charge is -2.35. The zero-order chi connectivity index (χ0) is 22.1. The molecule has 10 heteroatoms. The highest BCUT2D eigenvalue weighted by Gasteiger charge is 2.24. The molecule has 2 aromatic heterocycles. The molecule has 10 nitrogen and oxygen atoms in total. The molecule has 0 saturated carbocycles. The number of imidazole rings is 1. The largest absolute Gasteiger partial charge is 0.390 e. The molecule has 1 atom stereocenters. The number of aliphatic hydroxyl groups excluding tert-OH is 1. The van der Waals surface area contributed by atoms with E-state index < -0.39 is 17.4 Å². The maximum absolute atomic E-state index is 12.6. The van der Waals surface area contributed by atoms with Crippen LogP contribution in [0.25, 0.3) is 11.2 Å². The van der Waals surface area contributed by atoms with Gasteiger partial charge in [0.1, 0.15) is 0 Å². The Morgan fingerprint density at radius 3 is 2.39 bits per heavy atom. The van der Waals surface area contributed by atoms with Crippen molar-refractivity contribution in [3.05, 3.63) is 63.1 Å². The number of aliphatic hydroxyl groups is 1. The molecule has 1 unspecified atom stereocenters. The number of aryl methyl sites for hydroxylation is 1. The van der Waals surface area contributed by atoms with Gasteiger partial charge >= 0.3 is 5.69 Å². The summed E-state index contributed by atoms with van der Waals surface area (Å²) in [4.78, 5) is 45.3.